The Kier molecular flexibility index (Phi) is 7.13. The fraction of sp³-hybridized carbons (Fsp3) is 0.103. The number of aliphatic hydroxyl groups excluding tert-OH is 1. The molecule has 4 aromatic carbocycles. The van der Waals surface area contributed by atoms with Crippen molar-refractivity contribution in [3.8, 4) is 63.2 Å². The van der Waals surface area contributed by atoms with Crippen LogP contribution < -0.4 is 14.2 Å². The van der Waals surface area contributed by atoms with Gasteiger partial charge in [-0.05, 0) is 42.0 Å². The van der Waals surface area contributed by atoms with Crippen LogP contribution in [0.5, 0.6) is 63.2 Å². The van der Waals surface area contributed by atoms with Crippen molar-refractivity contribution in [3.63, 3.8) is 0 Å². The SMILES string of the molecule is O=C(Oc1cc(O)c2c(c1)O[C@H](c1ccc(O)c(OC(=O)c3cc(O)c(O)c(O)c3)c1)[C@@H](O)C2)c1cc(O)c(O)c(O)c1. The van der Waals surface area contributed by atoms with E-state index in [2.05, 4.69) is 0 Å². The first-order chi connectivity index (χ1) is 20.3. The highest BCUT2D eigenvalue weighted by Gasteiger charge is 2.33. The van der Waals surface area contributed by atoms with Crippen molar-refractivity contribution in [1.82, 2.24) is 0 Å². The minimum Gasteiger partial charge on any atom is -0.507 e. The number of carbonyl (C=O) groups excluding carboxylic acids is 2. The molecule has 0 bridgehead atoms. The highest BCUT2D eigenvalue weighted by atomic mass is 16.5. The van der Waals surface area contributed by atoms with E-state index in [-0.39, 0.29) is 51.7 Å². The molecule has 4 aromatic rings. The van der Waals surface area contributed by atoms with Crippen LogP contribution in [-0.2, 0) is 6.42 Å². The van der Waals surface area contributed by atoms with Crippen LogP contribution in [0.25, 0.3) is 0 Å². The summed E-state index contributed by atoms with van der Waals surface area (Å²) < 4.78 is 16.3. The van der Waals surface area contributed by atoms with Gasteiger partial charge < -0.3 is 60.2 Å². The van der Waals surface area contributed by atoms with Crippen molar-refractivity contribution in [1.29, 1.82) is 0 Å². The molecule has 0 radical (unpaired) electrons. The van der Waals surface area contributed by atoms with Gasteiger partial charge in [0, 0.05) is 24.1 Å². The number of hydrogen-bond donors (Lipinski definition) is 9. The maximum Gasteiger partial charge on any atom is 0.343 e. The Morgan fingerprint density at radius 1 is 0.651 bits per heavy atom. The molecule has 14 heteroatoms. The average molecular weight is 594 g/mol. The molecule has 1 heterocycles. The number of phenolic OH excluding ortho intramolecular Hbond substituents is 8. The first-order valence-electron chi connectivity index (χ1n) is 12.3. The molecule has 9 N–H and O–H groups in total. The molecule has 0 saturated heterocycles. The van der Waals surface area contributed by atoms with Crippen LogP contribution in [0.4, 0.5) is 0 Å². The van der Waals surface area contributed by atoms with Crippen molar-refractivity contribution >= 4 is 11.9 Å². The second-order valence-corrected chi connectivity index (χ2v) is 9.46. The summed E-state index contributed by atoms with van der Waals surface area (Å²) in [4.78, 5) is 25.2. The lowest BCUT2D eigenvalue weighted by molar-refractivity contribution is 0.0196. The van der Waals surface area contributed by atoms with Crippen molar-refractivity contribution in [2.45, 2.75) is 18.6 Å². The van der Waals surface area contributed by atoms with Crippen LogP contribution in [0.1, 0.15) is 37.9 Å². The Hall–Kier alpha value is -6.02. The molecule has 14 nitrogen and oxygen atoms in total. The molecule has 1 aliphatic rings. The molecule has 0 amide bonds. The summed E-state index contributed by atoms with van der Waals surface area (Å²) in [6, 6.07) is 9.47. The van der Waals surface area contributed by atoms with Crippen molar-refractivity contribution in [2.24, 2.45) is 0 Å². The van der Waals surface area contributed by atoms with E-state index in [1.165, 1.54) is 18.2 Å². The normalized spacial score (nSPS) is 15.7. The summed E-state index contributed by atoms with van der Waals surface area (Å²) in [6.07, 6.45) is -2.50. The van der Waals surface area contributed by atoms with Crippen LogP contribution in [0.2, 0.25) is 0 Å². The van der Waals surface area contributed by atoms with Crippen LogP contribution >= 0.6 is 0 Å². The van der Waals surface area contributed by atoms with Gasteiger partial charge in [0.05, 0.1) is 17.2 Å². The third kappa shape index (κ3) is 5.49. The van der Waals surface area contributed by atoms with Crippen molar-refractivity contribution in [2.75, 3.05) is 0 Å². The van der Waals surface area contributed by atoms with E-state index in [1.807, 2.05) is 0 Å². The Labute approximate surface area is 240 Å². The molecular formula is C29H22O14. The predicted octanol–water partition coefficient (Wildman–Crippen LogP) is 2.81. The first kappa shape index (κ1) is 28.5. The number of carbonyl (C=O) groups is 2. The molecule has 0 unspecified atom stereocenters. The van der Waals surface area contributed by atoms with Gasteiger partial charge in [-0.3, -0.25) is 0 Å². The number of aromatic hydroxyl groups is 8. The molecule has 0 spiro atoms. The minimum atomic E-state index is -1.24. The maximum absolute atomic E-state index is 12.6. The number of aliphatic hydroxyl groups is 1. The molecule has 5 rings (SSSR count). The monoisotopic (exact) mass is 594 g/mol. The number of hydrogen-bond acceptors (Lipinski definition) is 14. The average Bonchev–Trinajstić information content (AvgIpc) is 2.95. The number of ether oxygens (including phenoxy) is 3. The van der Waals surface area contributed by atoms with Crippen LogP contribution in [0.3, 0.4) is 0 Å². The highest BCUT2D eigenvalue weighted by Crippen LogP contribution is 2.44. The number of esters is 2. The van der Waals surface area contributed by atoms with Gasteiger partial charge in [-0.1, -0.05) is 6.07 Å². The smallest absolute Gasteiger partial charge is 0.343 e. The van der Waals surface area contributed by atoms with E-state index >= 15 is 0 Å². The Bertz CT molecular complexity index is 1730. The summed E-state index contributed by atoms with van der Waals surface area (Å²) in [6.45, 7) is 0. The summed E-state index contributed by atoms with van der Waals surface area (Å²) in [5.41, 5.74) is -0.271. The lowest BCUT2D eigenvalue weighted by Gasteiger charge is -2.31. The van der Waals surface area contributed by atoms with E-state index in [1.54, 1.807) is 0 Å². The van der Waals surface area contributed by atoms with E-state index in [0.717, 1.165) is 36.4 Å². The molecule has 2 atom stereocenters. The molecule has 0 saturated carbocycles. The van der Waals surface area contributed by atoms with Crippen LogP contribution in [0, 0.1) is 0 Å². The van der Waals surface area contributed by atoms with Gasteiger partial charge in [0.15, 0.2) is 46.0 Å². The third-order valence-corrected chi connectivity index (χ3v) is 6.51. The number of benzene rings is 4. The third-order valence-electron chi connectivity index (χ3n) is 6.51. The van der Waals surface area contributed by atoms with Crippen LogP contribution in [0.15, 0.2) is 54.6 Å². The lowest BCUT2D eigenvalue weighted by atomic mass is 9.94. The van der Waals surface area contributed by atoms with E-state index in [0.29, 0.717) is 0 Å². The van der Waals surface area contributed by atoms with E-state index < -0.39 is 64.4 Å². The molecule has 1 aliphatic heterocycles. The largest absolute Gasteiger partial charge is 0.507 e. The van der Waals surface area contributed by atoms with E-state index in [4.69, 9.17) is 14.2 Å². The van der Waals surface area contributed by atoms with Gasteiger partial charge in [0.2, 0.25) is 0 Å². The van der Waals surface area contributed by atoms with Crippen molar-refractivity contribution < 1.29 is 69.8 Å². The van der Waals surface area contributed by atoms with Gasteiger partial charge in [0.1, 0.15) is 23.4 Å². The topological polar surface area (TPSA) is 244 Å². The zero-order valence-corrected chi connectivity index (χ0v) is 21.6. The Morgan fingerprint density at radius 3 is 1.74 bits per heavy atom. The number of fused-ring (bicyclic) bond motifs is 1. The van der Waals surface area contributed by atoms with Gasteiger partial charge in [-0.15, -0.1) is 0 Å². The standard InChI is InChI=1S/C29H22O14/c30-16-2-1-11(7-24(16)43-29(40)13-5-20(34)26(38)21(35)6-13)27-22(36)10-15-17(31)8-14(9-23(15)42-27)41-28(39)12-3-18(32)25(37)19(33)4-12/h1-9,22,27,30-38H,10H2/t22-,27+/m0/s1. The second-order valence-electron chi connectivity index (χ2n) is 9.46. The molecule has 43 heavy (non-hydrogen) atoms. The fourth-order valence-electron chi connectivity index (χ4n) is 4.36. The number of phenols is 8. The van der Waals surface area contributed by atoms with Gasteiger partial charge in [0.25, 0.3) is 0 Å². The van der Waals surface area contributed by atoms with Gasteiger partial charge >= 0.3 is 11.9 Å². The van der Waals surface area contributed by atoms with Gasteiger partial charge in [-0.25, -0.2) is 9.59 Å². The first-order valence-corrected chi connectivity index (χ1v) is 12.3. The lowest BCUT2D eigenvalue weighted by Crippen LogP contribution is -2.30. The molecule has 0 aliphatic carbocycles. The zero-order valence-electron chi connectivity index (χ0n) is 21.6. The maximum atomic E-state index is 12.6. The minimum absolute atomic E-state index is 0.0103. The summed E-state index contributed by atoms with van der Waals surface area (Å²) >= 11 is 0. The Balaban J connectivity index is 1.39. The number of rotatable bonds is 5. The predicted molar refractivity (Wildman–Crippen MR) is 142 cm³/mol. The molecule has 222 valence electrons. The van der Waals surface area contributed by atoms with Crippen LogP contribution in [-0.4, -0.2) is 64.0 Å². The highest BCUT2D eigenvalue weighted by molar-refractivity contribution is 5.93. The quantitative estimate of drug-likeness (QED) is 0.0916. The Morgan fingerprint density at radius 2 is 1.19 bits per heavy atom. The summed E-state index contributed by atoms with van der Waals surface area (Å²) in [7, 11) is 0. The van der Waals surface area contributed by atoms with Gasteiger partial charge in [-0.2, -0.15) is 0 Å². The zero-order chi connectivity index (χ0) is 31.2. The molecule has 0 fully saturated rings. The second kappa shape index (κ2) is 10.8. The van der Waals surface area contributed by atoms with E-state index in [9.17, 15) is 55.5 Å². The molecular weight excluding hydrogens is 572 g/mol. The van der Waals surface area contributed by atoms with Crippen molar-refractivity contribution in [3.05, 3.63) is 76.9 Å². The fourth-order valence-corrected chi connectivity index (χ4v) is 4.36. The summed E-state index contributed by atoms with van der Waals surface area (Å²) in [5, 5.41) is 89.2. The molecule has 0 aromatic heterocycles. The summed E-state index contributed by atoms with van der Waals surface area (Å²) in [5.74, 6) is -8.36.